The quantitative estimate of drug-likeness (QED) is 0.209. The molecule has 0 fully saturated rings. The smallest absolute Gasteiger partial charge is 0.656 e. The van der Waals surface area contributed by atoms with Crippen LogP contribution in [0.3, 0.4) is 0 Å². The molecule has 0 aliphatic heterocycles. The molecular formula is C34H56LiNP2+2. The monoisotopic (exact) mass is 547 g/mol. The maximum absolute atomic E-state index is 5.54. The van der Waals surface area contributed by atoms with Crippen LogP contribution in [0.25, 0.3) is 21.8 Å². The molecule has 1 heterocycles. The SMILES string of the molecule is CC(C)[PH+](Cc1cc(C(C)(C)C)cc2c1[n-]c1c(C[PH+](C(C)C)C(C)C)cc(C(C)(C)C)cc12)C(C)C.[Li+]. The Morgan fingerprint density at radius 2 is 0.842 bits per heavy atom. The molecule has 0 amide bonds. The molecule has 0 saturated heterocycles. The third kappa shape index (κ3) is 7.50. The molecule has 3 aromatic rings. The van der Waals surface area contributed by atoms with Gasteiger partial charge in [0.15, 0.2) is 0 Å². The van der Waals surface area contributed by atoms with E-state index in [0.717, 1.165) is 22.6 Å². The summed E-state index contributed by atoms with van der Waals surface area (Å²) in [6.45, 7) is 33.6. The first kappa shape index (κ1) is 33.9. The zero-order chi connectivity index (χ0) is 28.0. The summed E-state index contributed by atoms with van der Waals surface area (Å²) in [7, 11) is -1.07. The maximum atomic E-state index is 5.54. The number of benzene rings is 2. The van der Waals surface area contributed by atoms with E-state index >= 15 is 0 Å². The van der Waals surface area contributed by atoms with Crippen molar-refractivity contribution in [2.45, 2.75) is 143 Å². The number of hydrogen-bond acceptors (Lipinski definition) is 0. The Hall–Kier alpha value is -0.303. The Labute approximate surface area is 249 Å². The Morgan fingerprint density at radius 3 is 1.08 bits per heavy atom. The third-order valence-corrected chi connectivity index (χ3v) is 15.9. The molecular weight excluding hydrogens is 491 g/mol. The Kier molecular flexibility index (Phi) is 11.3. The van der Waals surface area contributed by atoms with E-state index in [1.807, 2.05) is 0 Å². The van der Waals surface area contributed by atoms with Crippen molar-refractivity contribution in [2.75, 3.05) is 0 Å². The van der Waals surface area contributed by atoms with Crippen LogP contribution in [0.1, 0.15) is 119 Å². The normalized spacial score (nSPS) is 13.4. The summed E-state index contributed by atoms with van der Waals surface area (Å²) in [5.41, 5.74) is 11.7. The second-order valence-electron chi connectivity index (χ2n) is 14.8. The molecule has 0 aliphatic carbocycles. The van der Waals surface area contributed by atoms with Gasteiger partial charge in [0.05, 0.1) is 35.0 Å². The summed E-state index contributed by atoms with van der Waals surface area (Å²) in [5.74, 6) is 0. The van der Waals surface area contributed by atoms with Crippen molar-refractivity contribution in [3.8, 4) is 0 Å². The van der Waals surface area contributed by atoms with Gasteiger partial charge in [-0.25, -0.2) is 0 Å². The van der Waals surface area contributed by atoms with Crippen molar-refractivity contribution in [1.29, 1.82) is 0 Å². The minimum atomic E-state index is -0.537. The van der Waals surface area contributed by atoms with Gasteiger partial charge in [0.1, 0.15) is 0 Å². The molecule has 0 atom stereocenters. The van der Waals surface area contributed by atoms with E-state index in [1.165, 1.54) is 56.4 Å². The van der Waals surface area contributed by atoms with Crippen LogP contribution in [-0.4, -0.2) is 22.6 Å². The first-order valence-electron chi connectivity index (χ1n) is 14.7. The van der Waals surface area contributed by atoms with E-state index in [1.54, 1.807) is 0 Å². The predicted octanol–water partition coefficient (Wildman–Crippen LogP) is 7.61. The van der Waals surface area contributed by atoms with Crippen LogP contribution in [0, 0.1) is 0 Å². The predicted molar refractivity (Wildman–Crippen MR) is 177 cm³/mol. The van der Waals surface area contributed by atoms with Gasteiger partial charge in [-0.15, -0.1) is 11.0 Å². The van der Waals surface area contributed by atoms with Gasteiger partial charge in [-0.1, -0.05) is 65.8 Å². The van der Waals surface area contributed by atoms with Gasteiger partial charge in [-0.2, -0.15) is 0 Å². The summed E-state index contributed by atoms with van der Waals surface area (Å²) < 4.78 is 0. The van der Waals surface area contributed by atoms with Crippen molar-refractivity contribution in [1.82, 2.24) is 4.98 Å². The van der Waals surface area contributed by atoms with Gasteiger partial charge < -0.3 is 4.98 Å². The van der Waals surface area contributed by atoms with Crippen molar-refractivity contribution < 1.29 is 18.9 Å². The number of aromatic nitrogens is 1. The molecule has 4 heteroatoms. The average Bonchev–Trinajstić information content (AvgIpc) is 3.12. The fourth-order valence-electron chi connectivity index (χ4n) is 5.90. The number of hydrogen-bond donors (Lipinski definition) is 0. The van der Waals surface area contributed by atoms with Crippen LogP contribution in [-0.2, 0) is 23.2 Å². The van der Waals surface area contributed by atoms with E-state index in [0.29, 0.717) is 0 Å². The average molecular weight is 548 g/mol. The van der Waals surface area contributed by atoms with Crippen LogP contribution < -0.4 is 23.8 Å². The zero-order valence-corrected chi connectivity index (χ0v) is 29.5. The summed E-state index contributed by atoms with van der Waals surface area (Å²) in [5, 5.41) is 2.78. The summed E-state index contributed by atoms with van der Waals surface area (Å²) in [4.78, 5) is 5.54. The van der Waals surface area contributed by atoms with Gasteiger partial charge in [-0.3, -0.25) is 0 Å². The second kappa shape index (κ2) is 12.7. The van der Waals surface area contributed by atoms with Crippen molar-refractivity contribution >= 4 is 37.6 Å². The zero-order valence-electron chi connectivity index (χ0n) is 27.5. The molecule has 2 aromatic carbocycles. The van der Waals surface area contributed by atoms with E-state index in [4.69, 9.17) is 4.98 Å². The molecule has 1 nitrogen and oxygen atoms in total. The van der Waals surface area contributed by atoms with E-state index in [-0.39, 0.29) is 29.7 Å². The fraction of sp³-hybridized carbons (Fsp3) is 0.647. The summed E-state index contributed by atoms with van der Waals surface area (Å²) in [6.07, 6.45) is 2.41. The number of nitrogens with zero attached hydrogens (tertiary/aromatic N) is 1. The molecule has 1 aromatic heterocycles. The van der Waals surface area contributed by atoms with Crippen LogP contribution in [0.2, 0.25) is 0 Å². The Morgan fingerprint density at radius 1 is 0.553 bits per heavy atom. The molecule has 0 aliphatic rings. The fourth-order valence-corrected chi connectivity index (χ4v) is 11.6. The van der Waals surface area contributed by atoms with Crippen LogP contribution >= 0.6 is 15.8 Å². The summed E-state index contributed by atoms with van der Waals surface area (Å²) in [6, 6.07) is 10.0. The van der Waals surface area contributed by atoms with Gasteiger partial charge >= 0.3 is 18.9 Å². The van der Waals surface area contributed by atoms with Crippen molar-refractivity contribution in [3.63, 3.8) is 0 Å². The van der Waals surface area contributed by atoms with Crippen LogP contribution in [0.4, 0.5) is 0 Å². The molecule has 0 spiro atoms. The van der Waals surface area contributed by atoms with Gasteiger partial charge in [0.25, 0.3) is 0 Å². The molecule has 0 saturated carbocycles. The van der Waals surface area contributed by atoms with Gasteiger partial charge in [-0.05, 0) is 99.2 Å². The van der Waals surface area contributed by atoms with E-state index in [2.05, 4.69) is 121 Å². The number of rotatable bonds is 8. The van der Waals surface area contributed by atoms with E-state index < -0.39 is 15.8 Å². The Bertz CT molecular complexity index is 1110. The third-order valence-electron chi connectivity index (χ3n) is 8.38. The van der Waals surface area contributed by atoms with Gasteiger partial charge in [0, 0.05) is 15.8 Å². The molecule has 0 bridgehead atoms. The molecule has 0 unspecified atom stereocenters. The molecule has 38 heavy (non-hydrogen) atoms. The second-order valence-corrected chi connectivity index (χ2v) is 22.4. The van der Waals surface area contributed by atoms with Crippen molar-refractivity contribution in [3.05, 3.63) is 46.5 Å². The molecule has 0 radical (unpaired) electrons. The minimum Gasteiger partial charge on any atom is -0.656 e. The Balaban J connectivity index is 0.00000507. The first-order valence-corrected chi connectivity index (χ1v) is 18.4. The largest absolute Gasteiger partial charge is 1.00 e. The minimum absolute atomic E-state index is 0. The van der Waals surface area contributed by atoms with E-state index in [9.17, 15) is 0 Å². The number of fused-ring (bicyclic) bond motifs is 3. The molecule has 0 N–H and O–H groups in total. The van der Waals surface area contributed by atoms with Crippen LogP contribution in [0.15, 0.2) is 24.3 Å². The molecule has 206 valence electrons. The first-order chi connectivity index (χ1) is 16.9. The van der Waals surface area contributed by atoms with Crippen molar-refractivity contribution in [2.24, 2.45) is 0 Å². The maximum Gasteiger partial charge on any atom is 1.00 e. The standard InChI is InChI=1S/C34H54NP2.Li/c1-21(2)36(22(3)4)19-25-15-27(33(9,10)11)17-29-30-18-28(34(12,13)14)16-26(32(30)35-31(25)29)20-37(23(5)6)24(7)8;/h15-18,21-24H,19-20H2,1-14H3;/q-1;+1/p+2. The summed E-state index contributed by atoms with van der Waals surface area (Å²) >= 11 is 0. The molecule has 3 rings (SSSR count). The van der Waals surface area contributed by atoms with Gasteiger partial charge in [0.2, 0.25) is 0 Å². The van der Waals surface area contributed by atoms with Crippen LogP contribution in [0.5, 0.6) is 0 Å². The topological polar surface area (TPSA) is 14.1 Å².